The van der Waals surface area contributed by atoms with Gasteiger partial charge in [-0.3, -0.25) is 0 Å². The van der Waals surface area contributed by atoms with E-state index in [2.05, 4.69) is 21.3 Å². The fourth-order valence-electron chi connectivity index (χ4n) is 2.32. The van der Waals surface area contributed by atoms with Crippen molar-refractivity contribution in [3.8, 4) is 0 Å². The highest BCUT2D eigenvalue weighted by molar-refractivity contribution is 5.48. The molecule has 2 heterocycles. The molecule has 0 radical (unpaired) electrons. The van der Waals surface area contributed by atoms with Crippen LogP contribution in [-0.2, 0) is 6.54 Å². The van der Waals surface area contributed by atoms with Gasteiger partial charge in [0.2, 0.25) is 0 Å². The van der Waals surface area contributed by atoms with Gasteiger partial charge < -0.3 is 15.3 Å². The Morgan fingerprint density at radius 1 is 1.62 bits per heavy atom. The van der Waals surface area contributed by atoms with Crippen molar-refractivity contribution >= 4 is 5.82 Å². The quantitative estimate of drug-likeness (QED) is 0.788. The highest BCUT2D eigenvalue weighted by Gasteiger charge is 2.26. The van der Waals surface area contributed by atoms with Crippen molar-refractivity contribution in [3.63, 3.8) is 0 Å². The number of aliphatic hydroxyl groups is 1. The summed E-state index contributed by atoms with van der Waals surface area (Å²) in [6.07, 6.45) is 4.02. The van der Waals surface area contributed by atoms with Gasteiger partial charge in [0.15, 0.2) is 0 Å². The maximum absolute atomic E-state index is 9.33. The first-order chi connectivity index (χ1) is 7.86. The molecule has 4 heteroatoms. The van der Waals surface area contributed by atoms with Gasteiger partial charge in [-0.1, -0.05) is 6.07 Å². The molecule has 0 spiro atoms. The molecule has 0 aromatic carbocycles. The number of anilines is 1. The average molecular weight is 221 g/mol. The third kappa shape index (κ3) is 2.18. The monoisotopic (exact) mass is 221 g/mol. The molecule has 0 saturated carbocycles. The molecule has 16 heavy (non-hydrogen) atoms. The molecule has 0 amide bonds. The molecule has 1 aliphatic heterocycles. The smallest absolute Gasteiger partial charge is 0.133 e. The summed E-state index contributed by atoms with van der Waals surface area (Å²) in [7, 11) is 1.93. The summed E-state index contributed by atoms with van der Waals surface area (Å²) < 4.78 is 0. The molecule has 1 saturated heterocycles. The van der Waals surface area contributed by atoms with Crippen LogP contribution in [0.3, 0.4) is 0 Å². The minimum Gasteiger partial charge on any atom is -0.394 e. The lowest BCUT2D eigenvalue weighted by Gasteiger charge is -2.26. The van der Waals surface area contributed by atoms with Gasteiger partial charge in [-0.05, 0) is 26.0 Å². The minimum atomic E-state index is 0.218. The topological polar surface area (TPSA) is 48.4 Å². The van der Waals surface area contributed by atoms with Crippen LogP contribution in [-0.4, -0.2) is 36.3 Å². The summed E-state index contributed by atoms with van der Waals surface area (Å²) in [5, 5.41) is 12.5. The zero-order valence-electron chi connectivity index (χ0n) is 9.69. The molecule has 1 unspecified atom stereocenters. The molecule has 88 valence electrons. The van der Waals surface area contributed by atoms with Crippen molar-refractivity contribution < 1.29 is 5.11 Å². The molecule has 0 bridgehead atoms. The number of hydrogen-bond donors (Lipinski definition) is 2. The normalized spacial score (nSPS) is 20.4. The van der Waals surface area contributed by atoms with E-state index in [-0.39, 0.29) is 12.6 Å². The third-order valence-corrected chi connectivity index (χ3v) is 3.09. The second-order valence-electron chi connectivity index (χ2n) is 4.19. The van der Waals surface area contributed by atoms with Crippen molar-refractivity contribution in [2.24, 2.45) is 0 Å². The Kier molecular flexibility index (Phi) is 3.74. The van der Waals surface area contributed by atoms with Crippen LogP contribution in [0, 0.1) is 0 Å². The van der Waals surface area contributed by atoms with Gasteiger partial charge in [0, 0.05) is 24.8 Å². The predicted octanol–water partition coefficient (Wildman–Crippen LogP) is 0.762. The standard InChI is InChI=1S/C12H19N3O/c1-13-8-10-4-2-6-14-12(10)15-7-3-5-11(15)9-16/h2,4,6,11,13,16H,3,5,7-9H2,1H3. The van der Waals surface area contributed by atoms with Gasteiger partial charge in [0.05, 0.1) is 12.6 Å². The van der Waals surface area contributed by atoms with E-state index in [4.69, 9.17) is 0 Å². The Bertz CT molecular complexity index is 343. The largest absolute Gasteiger partial charge is 0.394 e. The van der Waals surface area contributed by atoms with Crippen LogP contribution in [0.4, 0.5) is 5.82 Å². The van der Waals surface area contributed by atoms with Crippen LogP contribution >= 0.6 is 0 Å². The van der Waals surface area contributed by atoms with Crippen LogP contribution in [0.15, 0.2) is 18.3 Å². The zero-order chi connectivity index (χ0) is 11.4. The Hall–Kier alpha value is -1.13. The lowest BCUT2D eigenvalue weighted by atomic mass is 10.2. The van der Waals surface area contributed by atoms with E-state index in [0.29, 0.717) is 0 Å². The summed E-state index contributed by atoms with van der Waals surface area (Å²) in [5.41, 5.74) is 1.20. The average Bonchev–Trinajstić information content (AvgIpc) is 2.78. The first kappa shape index (κ1) is 11.4. The van der Waals surface area contributed by atoms with Gasteiger partial charge in [0.25, 0.3) is 0 Å². The molecular formula is C12H19N3O. The number of hydrogen-bond acceptors (Lipinski definition) is 4. The Morgan fingerprint density at radius 3 is 3.25 bits per heavy atom. The van der Waals surface area contributed by atoms with E-state index in [0.717, 1.165) is 31.7 Å². The second kappa shape index (κ2) is 5.27. The van der Waals surface area contributed by atoms with Crippen LogP contribution in [0.2, 0.25) is 0 Å². The maximum atomic E-state index is 9.33. The Morgan fingerprint density at radius 2 is 2.50 bits per heavy atom. The van der Waals surface area contributed by atoms with E-state index in [9.17, 15) is 5.11 Å². The zero-order valence-corrected chi connectivity index (χ0v) is 9.69. The lowest BCUT2D eigenvalue weighted by Crippen LogP contribution is -2.33. The van der Waals surface area contributed by atoms with Crippen molar-refractivity contribution in [2.45, 2.75) is 25.4 Å². The molecule has 1 aromatic rings. The van der Waals surface area contributed by atoms with Gasteiger partial charge in [-0.2, -0.15) is 0 Å². The van der Waals surface area contributed by atoms with E-state index >= 15 is 0 Å². The van der Waals surface area contributed by atoms with Gasteiger partial charge in [-0.15, -0.1) is 0 Å². The molecule has 2 rings (SSSR count). The van der Waals surface area contributed by atoms with E-state index in [1.54, 1.807) is 0 Å². The molecule has 0 aliphatic carbocycles. The Balaban J connectivity index is 2.24. The highest BCUT2D eigenvalue weighted by Crippen LogP contribution is 2.26. The number of nitrogens with one attached hydrogen (secondary N) is 1. The molecule has 1 atom stereocenters. The number of nitrogens with zero attached hydrogens (tertiary/aromatic N) is 2. The van der Waals surface area contributed by atoms with Crippen molar-refractivity contribution in [3.05, 3.63) is 23.9 Å². The fraction of sp³-hybridized carbons (Fsp3) is 0.583. The SMILES string of the molecule is CNCc1cccnc1N1CCCC1CO. The summed E-state index contributed by atoms with van der Waals surface area (Å²) in [6, 6.07) is 4.29. The molecule has 1 aromatic heterocycles. The second-order valence-corrected chi connectivity index (χ2v) is 4.19. The van der Waals surface area contributed by atoms with Crippen molar-refractivity contribution in [2.75, 3.05) is 25.1 Å². The molecule has 2 N–H and O–H groups in total. The third-order valence-electron chi connectivity index (χ3n) is 3.09. The lowest BCUT2D eigenvalue weighted by molar-refractivity contribution is 0.266. The molecule has 1 fully saturated rings. The summed E-state index contributed by atoms with van der Waals surface area (Å²) in [4.78, 5) is 6.68. The van der Waals surface area contributed by atoms with Crippen LogP contribution in [0.1, 0.15) is 18.4 Å². The first-order valence-corrected chi connectivity index (χ1v) is 5.83. The number of aromatic nitrogens is 1. The Labute approximate surface area is 96.3 Å². The maximum Gasteiger partial charge on any atom is 0.133 e. The molecular weight excluding hydrogens is 202 g/mol. The predicted molar refractivity (Wildman–Crippen MR) is 64.5 cm³/mol. The summed E-state index contributed by atoms with van der Waals surface area (Å²) in [6.45, 7) is 2.03. The number of aliphatic hydroxyl groups excluding tert-OH is 1. The number of rotatable bonds is 4. The van der Waals surface area contributed by atoms with Crippen molar-refractivity contribution in [1.29, 1.82) is 0 Å². The highest BCUT2D eigenvalue weighted by atomic mass is 16.3. The van der Waals surface area contributed by atoms with Crippen LogP contribution in [0.25, 0.3) is 0 Å². The molecule has 1 aliphatic rings. The van der Waals surface area contributed by atoms with Gasteiger partial charge in [-0.25, -0.2) is 4.98 Å². The summed E-state index contributed by atoms with van der Waals surface area (Å²) in [5.74, 6) is 1.02. The van der Waals surface area contributed by atoms with Crippen LogP contribution < -0.4 is 10.2 Å². The fourth-order valence-corrected chi connectivity index (χ4v) is 2.32. The van der Waals surface area contributed by atoms with Gasteiger partial charge in [0.1, 0.15) is 5.82 Å². The molecule has 4 nitrogen and oxygen atoms in total. The van der Waals surface area contributed by atoms with Crippen LogP contribution in [0.5, 0.6) is 0 Å². The van der Waals surface area contributed by atoms with E-state index < -0.39 is 0 Å². The number of pyridine rings is 1. The van der Waals surface area contributed by atoms with E-state index in [1.807, 2.05) is 19.3 Å². The van der Waals surface area contributed by atoms with E-state index in [1.165, 1.54) is 5.56 Å². The first-order valence-electron chi connectivity index (χ1n) is 5.83. The summed E-state index contributed by atoms with van der Waals surface area (Å²) >= 11 is 0. The van der Waals surface area contributed by atoms with Crippen molar-refractivity contribution in [1.82, 2.24) is 10.3 Å². The van der Waals surface area contributed by atoms with Gasteiger partial charge >= 0.3 is 0 Å². The minimum absolute atomic E-state index is 0.218.